The zero-order valence-corrected chi connectivity index (χ0v) is 17.7. The predicted molar refractivity (Wildman–Crippen MR) is 113 cm³/mol. The Hall–Kier alpha value is -3.49. The minimum Gasteiger partial charge on any atom is -0.490 e. The first-order valence-corrected chi connectivity index (χ1v) is 9.95. The highest BCUT2D eigenvalue weighted by atomic mass is 19.4. The highest BCUT2D eigenvalue weighted by molar-refractivity contribution is 5.95. The van der Waals surface area contributed by atoms with E-state index >= 15 is 0 Å². The molecule has 0 atom stereocenters. The third-order valence-electron chi connectivity index (χ3n) is 3.99. The summed E-state index contributed by atoms with van der Waals surface area (Å²) in [6.45, 7) is 4.06. The van der Waals surface area contributed by atoms with Crippen LogP contribution in [-0.4, -0.2) is 31.7 Å². The molecule has 2 aromatic carbocycles. The number of carbonyl (C=O) groups is 2. The van der Waals surface area contributed by atoms with Gasteiger partial charge in [0.1, 0.15) is 0 Å². The SMILES string of the molecule is CCCOc1ccc(/C=C/C(=O)OCC(=O)Nc2ccccc2C(F)(F)F)cc1OCC. The van der Waals surface area contributed by atoms with Crippen LogP contribution in [0.5, 0.6) is 11.5 Å². The first-order valence-electron chi connectivity index (χ1n) is 9.95. The van der Waals surface area contributed by atoms with Crippen molar-refractivity contribution in [1.29, 1.82) is 0 Å². The highest BCUT2D eigenvalue weighted by Crippen LogP contribution is 2.34. The second-order valence-corrected chi connectivity index (χ2v) is 6.52. The van der Waals surface area contributed by atoms with Gasteiger partial charge >= 0.3 is 12.1 Å². The van der Waals surface area contributed by atoms with E-state index in [9.17, 15) is 22.8 Å². The highest BCUT2D eigenvalue weighted by Gasteiger charge is 2.33. The molecule has 0 aromatic heterocycles. The molecule has 1 N–H and O–H groups in total. The van der Waals surface area contributed by atoms with Crippen molar-refractivity contribution in [2.75, 3.05) is 25.1 Å². The van der Waals surface area contributed by atoms with Gasteiger partial charge < -0.3 is 19.5 Å². The van der Waals surface area contributed by atoms with Crippen molar-refractivity contribution >= 4 is 23.6 Å². The molecule has 0 spiro atoms. The van der Waals surface area contributed by atoms with E-state index in [-0.39, 0.29) is 0 Å². The lowest BCUT2D eigenvalue weighted by molar-refractivity contribution is -0.142. The minimum atomic E-state index is -4.62. The Morgan fingerprint density at radius 3 is 2.47 bits per heavy atom. The zero-order valence-electron chi connectivity index (χ0n) is 17.7. The molecule has 32 heavy (non-hydrogen) atoms. The van der Waals surface area contributed by atoms with E-state index in [2.05, 4.69) is 5.32 Å². The molecule has 0 fully saturated rings. The van der Waals surface area contributed by atoms with E-state index in [1.807, 2.05) is 13.8 Å². The quantitative estimate of drug-likeness (QED) is 0.403. The molecule has 0 saturated carbocycles. The number of anilines is 1. The molecule has 1 amide bonds. The molecule has 2 aromatic rings. The van der Waals surface area contributed by atoms with Crippen molar-refractivity contribution in [3.63, 3.8) is 0 Å². The lowest BCUT2D eigenvalue weighted by atomic mass is 10.1. The summed E-state index contributed by atoms with van der Waals surface area (Å²) >= 11 is 0. The average molecular weight is 451 g/mol. The van der Waals surface area contributed by atoms with Crippen molar-refractivity contribution in [3.05, 3.63) is 59.7 Å². The molecule has 6 nitrogen and oxygen atoms in total. The van der Waals surface area contributed by atoms with Crippen LogP contribution in [0.1, 0.15) is 31.4 Å². The molecule has 0 bridgehead atoms. The van der Waals surface area contributed by atoms with Gasteiger partial charge in [-0.1, -0.05) is 25.1 Å². The number of benzene rings is 2. The van der Waals surface area contributed by atoms with Gasteiger partial charge in [0.2, 0.25) is 0 Å². The Kier molecular flexibility index (Phi) is 9.12. The second kappa shape index (κ2) is 11.8. The first kappa shape index (κ1) is 24.8. The summed E-state index contributed by atoms with van der Waals surface area (Å²) in [5, 5.41) is 2.10. The predicted octanol–water partition coefficient (Wildman–Crippen LogP) is 5.09. The molecule has 0 heterocycles. The monoisotopic (exact) mass is 451 g/mol. The number of alkyl halides is 3. The summed E-state index contributed by atoms with van der Waals surface area (Å²) in [6, 6.07) is 9.66. The molecule has 9 heteroatoms. The number of nitrogens with one attached hydrogen (secondary N) is 1. The average Bonchev–Trinajstić information content (AvgIpc) is 2.75. The summed E-state index contributed by atoms with van der Waals surface area (Å²) in [6.07, 6.45) is -1.21. The molecule has 0 saturated heterocycles. The summed E-state index contributed by atoms with van der Waals surface area (Å²) in [4.78, 5) is 23.8. The van der Waals surface area contributed by atoms with Crippen molar-refractivity contribution in [3.8, 4) is 11.5 Å². The van der Waals surface area contributed by atoms with Gasteiger partial charge in [-0.25, -0.2) is 4.79 Å². The second-order valence-electron chi connectivity index (χ2n) is 6.52. The summed E-state index contributed by atoms with van der Waals surface area (Å²) in [7, 11) is 0. The van der Waals surface area contributed by atoms with Crippen molar-refractivity contribution < 1.29 is 37.0 Å². The van der Waals surface area contributed by atoms with Crippen LogP contribution in [0.15, 0.2) is 48.5 Å². The molecule has 172 valence electrons. The van der Waals surface area contributed by atoms with Gasteiger partial charge in [0, 0.05) is 6.08 Å². The fraction of sp³-hybridized carbons (Fsp3) is 0.304. The Bertz CT molecular complexity index is 957. The van der Waals surface area contributed by atoms with E-state index in [0.717, 1.165) is 24.6 Å². The molecule has 0 aliphatic carbocycles. The van der Waals surface area contributed by atoms with E-state index in [0.29, 0.717) is 30.3 Å². The normalized spacial score (nSPS) is 11.3. The van der Waals surface area contributed by atoms with Crippen LogP contribution in [-0.2, 0) is 20.5 Å². The number of hydrogen-bond donors (Lipinski definition) is 1. The van der Waals surface area contributed by atoms with Crippen LogP contribution < -0.4 is 14.8 Å². The Balaban J connectivity index is 1.94. The lowest BCUT2D eigenvalue weighted by Gasteiger charge is -2.13. The molecule has 0 aliphatic heterocycles. The van der Waals surface area contributed by atoms with E-state index < -0.39 is 35.9 Å². The largest absolute Gasteiger partial charge is 0.490 e. The van der Waals surface area contributed by atoms with Crippen LogP contribution in [0.2, 0.25) is 0 Å². The molecular weight excluding hydrogens is 427 g/mol. The number of esters is 1. The zero-order chi connectivity index (χ0) is 23.6. The summed E-state index contributed by atoms with van der Waals surface area (Å²) < 4.78 is 54.9. The van der Waals surface area contributed by atoms with E-state index in [1.54, 1.807) is 18.2 Å². The molecular formula is C23H24F3NO5. The van der Waals surface area contributed by atoms with Gasteiger partial charge in [-0.2, -0.15) is 13.2 Å². The van der Waals surface area contributed by atoms with Gasteiger partial charge in [0.15, 0.2) is 18.1 Å². The minimum absolute atomic E-state index is 0.412. The summed E-state index contributed by atoms with van der Waals surface area (Å²) in [5.74, 6) is -0.601. The smallest absolute Gasteiger partial charge is 0.418 e. The standard InChI is InChI=1S/C23H24F3NO5/c1-3-13-31-19-11-9-16(14-20(19)30-4-2)10-12-22(29)32-15-21(28)27-18-8-6-5-7-17(18)23(24,25)26/h5-12,14H,3-4,13,15H2,1-2H3,(H,27,28)/b12-10+. The fourth-order valence-electron chi connectivity index (χ4n) is 2.60. The van der Waals surface area contributed by atoms with Gasteiger partial charge in [-0.3, -0.25) is 4.79 Å². The molecule has 2 rings (SSSR count). The topological polar surface area (TPSA) is 73.9 Å². The molecule has 0 unspecified atom stereocenters. The molecule has 0 aliphatic rings. The van der Waals surface area contributed by atoms with Gasteiger partial charge in [-0.15, -0.1) is 0 Å². The number of halogens is 3. The van der Waals surface area contributed by atoms with Crippen LogP contribution in [0.3, 0.4) is 0 Å². The van der Waals surface area contributed by atoms with Gasteiger partial charge in [-0.05, 0) is 49.2 Å². The fourth-order valence-corrected chi connectivity index (χ4v) is 2.60. The maximum Gasteiger partial charge on any atom is 0.418 e. The van der Waals surface area contributed by atoms with Crippen LogP contribution in [0, 0.1) is 0 Å². The maximum absolute atomic E-state index is 13.0. The van der Waals surface area contributed by atoms with Crippen molar-refractivity contribution in [2.24, 2.45) is 0 Å². The van der Waals surface area contributed by atoms with Crippen molar-refractivity contribution in [2.45, 2.75) is 26.4 Å². The number of para-hydroxylation sites is 1. The van der Waals surface area contributed by atoms with Crippen LogP contribution >= 0.6 is 0 Å². The number of amides is 1. The molecule has 0 radical (unpaired) electrons. The van der Waals surface area contributed by atoms with Gasteiger partial charge in [0.05, 0.1) is 24.5 Å². The van der Waals surface area contributed by atoms with Crippen molar-refractivity contribution in [1.82, 2.24) is 0 Å². The lowest BCUT2D eigenvalue weighted by Crippen LogP contribution is -2.22. The number of ether oxygens (including phenoxy) is 3. The third kappa shape index (κ3) is 7.64. The Morgan fingerprint density at radius 1 is 1.03 bits per heavy atom. The van der Waals surface area contributed by atoms with Gasteiger partial charge in [0.25, 0.3) is 5.91 Å². The maximum atomic E-state index is 13.0. The van der Waals surface area contributed by atoms with Crippen LogP contribution in [0.25, 0.3) is 6.08 Å². The van der Waals surface area contributed by atoms with E-state index in [1.165, 1.54) is 18.2 Å². The number of rotatable bonds is 10. The first-order chi connectivity index (χ1) is 15.2. The third-order valence-corrected chi connectivity index (χ3v) is 3.99. The Morgan fingerprint density at radius 2 is 1.78 bits per heavy atom. The Labute approximate surface area is 184 Å². The van der Waals surface area contributed by atoms with Crippen LogP contribution in [0.4, 0.5) is 18.9 Å². The van der Waals surface area contributed by atoms with E-state index in [4.69, 9.17) is 14.2 Å². The summed E-state index contributed by atoms with van der Waals surface area (Å²) in [5.41, 5.74) is -0.765. The number of carbonyl (C=O) groups excluding carboxylic acids is 2. The number of hydrogen-bond acceptors (Lipinski definition) is 5.